The van der Waals surface area contributed by atoms with Crippen molar-refractivity contribution in [1.29, 1.82) is 0 Å². The van der Waals surface area contributed by atoms with E-state index < -0.39 is 0 Å². The van der Waals surface area contributed by atoms with E-state index in [2.05, 4.69) is 15.6 Å². The van der Waals surface area contributed by atoms with Gasteiger partial charge in [-0.2, -0.15) is 0 Å². The van der Waals surface area contributed by atoms with Crippen LogP contribution in [-0.2, 0) is 4.79 Å². The summed E-state index contributed by atoms with van der Waals surface area (Å²) in [6, 6.07) is 7.44. The number of guanidine groups is 1. The zero-order valence-electron chi connectivity index (χ0n) is 16.2. The maximum atomic E-state index is 12.0. The van der Waals surface area contributed by atoms with Crippen LogP contribution in [0.2, 0.25) is 5.02 Å². The van der Waals surface area contributed by atoms with Gasteiger partial charge in [-0.15, -0.1) is 0 Å². The quantitative estimate of drug-likeness (QED) is 0.384. The lowest BCUT2D eigenvalue weighted by Crippen LogP contribution is -2.39. The van der Waals surface area contributed by atoms with Gasteiger partial charge in [0, 0.05) is 32.6 Å². The number of para-hydroxylation sites is 1. The molecule has 0 atom stereocenters. The van der Waals surface area contributed by atoms with Gasteiger partial charge < -0.3 is 20.3 Å². The van der Waals surface area contributed by atoms with Crippen molar-refractivity contribution < 1.29 is 9.53 Å². The van der Waals surface area contributed by atoms with Crippen LogP contribution in [0, 0.1) is 0 Å². The van der Waals surface area contributed by atoms with Crippen molar-refractivity contribution in [3.8, 4) is 5.75 Å². The molecule has 1 aliphatic rings. The number of amides is 1. The Kier molecular flexibility index (Phi) is 9.84. The summed E-state index contributed by atoms with van der Waals surface area (Å²) in [6.07, 6.45) is 4.87. The lowest BCUT2D eigenvalue weighted by molar-refractivity contribution is -0.130. The summed E-state index contributed by atoms with van der Waals surface area (Å²) >= 11 is 6.08. The summed E-state index contributed by atoms with van der Waals surface area (Å²) in [5.74, 6) is 1.74. The Bertz CT molecular complexity index is 609. The van der Waals surface area contributed by atoms with Crippen molar-refractivity contribution in [3.05, 3.63) is 29.3 Å². The number of halogens is 1. The monoisotopic (exact) mass is 394 g/mol. The minimum atomic E-state index is 0.290. The number of nitrogens with one attached hydrogen (secondary N) is 2. The van der Waals surface area contributed by atoms with E-state index in [9.17, 15) is 4.79 Å². The van der Waals surface area contributed by atoms with Crippen LogP contribution in [0.1, 0.15) is 39.0 Å². The molecule has 0 bridgehead atoms. The Morgan fingerprint density at radius 1 is 1.26 bits per heavy atom. The van der Waals surface area contributed by atoms with Gasteiger partial charge >= 0.3 is 0 Å². The van der Waals surface area contributed by atoms with Crippen LogP contribution < -0.4 is 15.4 Å². The van der Waals surface area contributed by atoms with E-state index in [1.165, 1.54) is 0 Å². The van der Waals surface area contributed by atoms with Gasteiger partial charge in [-0.1, -0.05) is 30.2 Å². The second kappa shape index (κ2) is 12.4. The van der Waals surface area contributed by atoms with Crippen molar-refractivity contribution >= 4 is 23.5 Å². The molecular formula is C20H31ClN4O2. The molecule has 1 aromatic rings. The Morgan fingerprint density at radius 2 is 2.11 bits per heavy atom. The van der Waals surface area contributed by atoms with Crippen molar-refractivity contribution in [2.75, 3.05) is 39.3 Å². The number of ether oxygens (including phenoxy) is 1. The predicted molar refractivity (Wildman–Crippen MR) is 111 cm³/mol. The van der Waals surface area contributed by atoms with Crippen LogP contribution in [0.15, 0.2) is 29.3 Å². The van der Waals surface area contributed by atoms with Gasteiger partial charge in [0.1, 0.15) is 12.4 Å². The van der Waals surface area contributed by atoms with Crippen LogP contribution in [0.5, 0.6) is 5.75 Å². The average Bonchev–Trinajstić information content (AvgIpc) is 2.87. The largest absolute Gasteiger partial charge is 0.490 e. The van der Waals surface area contributed by atoms with Crippen molar-refractivity contribution in [2.45, 2.75) is 39.0 Å². The van der Waals surface area contributed by atoms with Gasteiger partial charge in [-0.25, -0.2) is 0 Å². The van der Waals surface area contributed by atoms with E-state index in [0.29, 0.717) is 42.8 Å². The molecule has 7 heteroatoms. The molecule has 1 fully saturated rings. The number of carbonyl (C=O) groups is 1. The number of carbonyl (C=O) groups excluding carboxylic acids is 1. The lowest BCUT2D eigenvalue weighted by atomic mass is 10.2. The molecule has 1 aliphatic heterocycles. The first-order valence-corrected chi connectivity index (χ1v) is 10.3. The van der Waals surface area contributed by atoms with Crippen LogP contribution in [0.3, 0.4) is 0 Å². The maximum Gasteiger partial charge on any atom is 0.222 e. The van der Waals surface area contributed by atoms with Crippen LogP contribution in [0.25, 0.3) is 0 Å². The van der Waals surface area contributed by atoms with E-state index in [0.717, 1.165) is 51.3 Å². The molecule has 0 aliphatic carbocycles. The molecule has 1 aromatic carbocycles. The molecule has 150 valence electrons. The second-order valence-corrected chi connectivity index (χ2v) is 6.92. The number of hydrogen-bond acceptors (Lipinski definition) is 3. The van der Waals surface area contributed by atoms with Crippen molar-refractivity contribution in [1.82, 2.24) is 15.5 Å². The number of likely N-dealkylation sites (tertiary alicyclic amines) is 1. The number of nitrogens with zero attached hydrogens (tertiary/aromatic N) is 2. The molecule has 1 heterocycles. The smallest absolute Gasteiger partial charge is 0.222 e. The molecule has 0 spiro atoms. The standard InChI is InChI=1S/C20H31ClN4O2/c1-2-22-20(24-13-16-27-18-10-6-5-9-17(18)21)23-12-8-15-25-14-7-3-4-11-19(25)26/h5-6,9-10H,2-4,7-8,11-16H2,1H3,(H2,22,23,24). The third-order valence-corrected chi connectivity index (χ3v) is 4.67. The van der Waals surface area contributed by atoms with Crippen LogP contribution >= 0.6 is 11.6 Å². The molecule has 0 radical (unpaired) electrons. The number of hydrogen-bond donors (Lipinski definition) is 2. The topological polar surface area (TPSA) is 66.0 Å². The third-order valence-electron chi connectivity index (χ3n) is 4.36. The highest BCUT2D eigenvalue weighted by Gasteiger charge is 2.15. The highest BCUT2D eigenvalue weighted by molar-refractivity contribution is 6.32. The summed E-state index contributed by atoms with van der Waals surface area (Å²) in [5, 5.41) is 7.10. The fourth-order valence-corrected chi connectivity index (χ4v) is 3.15. The fourth-order valence-electron chi connectivity index (χ4n) is 2.96. The minimum Gasteiger partial charge on any atom is -0.490 e. The summed E-state index contributed by atoms with van der Waals surface area (Å²) in [6.45, 7) is 6.31. The van der Waals surface area contributed by atoms with Crippen molar-refractivity contribution in [3.63, 3.8) is 0 Å². The van der Waals surface area contributed by atoms with E-state index in [1.54, 1.807) is 0 Å². The summed E-state index contributed by atoms with van der Waals surface area (Å²) in [7, 11) is 0. The SMILES string of the molecule is CCNC(=NCCCN1CCCCCC1=O)NCCOc1ccccc1Cl. The maximum absolute atomic E-state index is 12.0. The van der Waals surface area contributed by atoms with E-state index in [1.807, 2.05) is 36.1 Å². The highest BCUT2D eigenvalue weighted by atomic mass is 35.5. The Labute approximate surface area is 167 Å². The van der Waals surface area contributed by atoms with Gasteiger partial charge in [0.05, 0.1) is 11.6 Å². The third kappa shape index (κ3) is 8.08. The van der Waals surface area contributed by atoms with Crippen LogP contribution in [-0.4, -0.2) is 56.1 Å². The fraction of sp³-hybridized carbons (Fsp3) is 0.600. The van der Waals surface area contributed by atoms with Gasteiger partial charge in [0.15, 0.2) is 5.96 Å². The Hall–Kier alpha value is -1.95. The first-order chi connectivity index (χ1) is 13.2. The lowest BCUT2D eigenvalue weighted by Gasteiger charge is -2.20. The molecule has 27 heavy (non-hydrogen) atoms. The van der Waals surface area contributed by atoms with Gasteiger partial charge in [-0.3, -0.25) is 9.79 Å². The van der Waals surface area contributed by atoms with Gasteiger partial charge in [0.2, 0.25) is 5.91 Å². The normalized spacial score (nSPS) is 15.4. The molecule has 6 nitrogen and oxygen atoms in total. The molecule has 2 rings (SSSR count). The number of benzene rings is 1. The average molecular weight is 395 g/mol. The highest BCUT2D eigenvalue weighted by Crippen LogP contribution is 2.22. The van der Waals surface area contributed by atoms with Crippen molar-refractivity contribution in [2.24, 2.45) is 4.99 Å². The van der Waals surface area contributed by atoms with E-state index in [-0.39, 0.29) is 0 Å². The molecule has 1 saturated heterocycles. The summed E-state index contributed by atoms with van der Waals surface area (Å²) in [4.78, 5) is 18.6. The molecule has 0 unspecified atom stereocenters. The zero-order chi connectivity index (χ0) is 19.3. The first kappa shape index (κ1) is 21.4. The number of aliphatic imine (C=N–C) groups is 1. The molecular weight excluding hydrogens is 364 g/mol. The van der Waals surface area contributed by atoms with Crippen LogP contribution in [0.4, 0.5) is 0 Å². The van der Waals surface area contributed by atoms with Gasteiger partial charge in [0.25, 0.3) is 0 Å². The van der Waals surface area contributed by atoms with E-state index >= 15 is 0 Å². The Morgan fingerprint density at radius 3 is 2.93 bits per heavy atom. The summed E-state index contributed by atoms with van der Waals surface area (Å²) < 4.78 is 5.67. The van der Waals surface area contributed by atoms with Gasteiger partial charge in [-0.05, 0) is 38.3 Å². The second-order valence-electron chi connectivity index (χ2n) is 6.51. The first-order valence-electron chi connectivity index (χ1n) is 9.88. The van der Waals surface area contributed by atoms with E-state index in [4.69, 9.17) is 16.3 Å². The Balaban J connectivity index is 1.68. The molecule has 0 aromatic heterocycles. The number of rotatable bonds is 9. The molecule has 2 N–H and O–H groups in total. The molecule has 0 saturated carbocycles. The molecule has 1 amide bonds. The summed E-state index contributed by atoms with van der Waals surface area (Å²) in [5.41, 5.74) is 0. The minimum absolute atomic E-state index is 0.290. The predicted octanol–water partition coefficient (Wildman–Crippen LogP) is 3.07. The zero-order valence-corrected chi connectivity index (χ0v) is 16.9.